The number of methoxy groups -OCH3 is 1. The molecular weight excluding hydrogens is 384 g/mol. The number of carbonyl (C=O) groups excluding carboxylic acids is 2. The number of H-pyrrole nitrogens is 1. The van der Waals surface area contributed by atoms with Gasteiger partial charge in [0.2, 0.25) is 0 Å². The Labute approximate surface area is 175 Å². The summed E-state index contributed by atoms with van der Waals surface area (Å²) >= 11 is 0. The highest BCUT2D eigenvalue weighted by Crippen LogP contribution is 2.29. The van der Waals surface area contributed by atoms with Gasteiger partial charge >= 0.3 is 5.97 Å². The van der Waals surface area contributed by atoms with Crippen molar-refractivity contribution in [1.29, 1.82) is 0 Å². The topological polar surface area (TPSA) is 80.9 Å². The monoisotopic (exact) mass is 408 g/mol. The van der Waals surface area contributed by atoms with Crippen LogP contribution >= 0.6 is 0 Å². The van der Waals surface area contributed by atoms with Gasteiger partial charge in [0.1, 0.15) is 12.3 Å². The molecule has 1 amide bonds. The van der Waals surface area contributed by atoms with E-state index >= 15 is 0 Å². The molecule has 1 aromatic heterocycles. The van der Waals surface area contributed by atoms with E-state index in [0.29, 0.717) is 30.3 Å². The highest BCUT2D eigenvalue weighted by Gasteiger charge is 2.15. The molecule has 0 fully saturated rings. The third-order valence-electron chi connectivity index (χ3n) is 4.46. The molecule has 0 spiro atoms. The third kappa shape index (κ3) is 5.64. The molecule has 0 saturated heterocycles. The molecule has 3 aromatic rings. The van der Waals surface area contributed by atoms with Crippen molar-refractivity contribution in [3.05, 3.63) is 83.7 Å². The lowest BCUT2D eigenvalue weighted by Crippen LogP contribution is -2.30. The smallest absolute Gasteiger partial charge is 0.355 e. The van der Waals surface area contributed by atoms with E-state index in [2.05, 4.69) is 4.98 Å². The van der Waals surface area contributed by atoms with Gasteiger partial charge in [-0.15, -0.1) is 0 Å². The number of rotatable bonds is 9. The maximum absolute atomic E-state index is 12.3. The van der Waals surface area contributed by atoms with Crippen molar-refractivity contribution in [2.75, 3.05) is 20.8 Å². The second-order valence-electron chi connectivity index (χ2n) is 6.67. The number of carbonyl (C=O) groups is 2. The number of nitrogens with one attached hydrogen (secondary N) is 1. The van der Waals surface area contributed by atoms with Crippen LogP contribution in [0.2, 0.25) is 0 Å². The molecule has 0 aliphatic rings. The van der Waals surface area contributed by atoms with E-state index in [4.69, 9.17) is 14.2 Å². The molecule has 2 aromatic carbocycles. The number of amides is 1. The first-order valence-electron chi connectivity index (χ1n) is 9.45. The van der Waals surface area contributed by atoms with Crippen LogP contribution in [-0.2, 0) is 22.7 Å². The first-order chi connectivity index (χ1) is 14.6. The van der Waals surface area contributed by atoms with Crippen LogP contribution in [0.5, 0.6) is 11.5 Å². The number of hydrogen-bond acceptors (Lipinski definition) is 5. The van der Waals surface area contributed by atoms with Crippen LogP contribution in [-0.4, -0.2) is 42.5 Å². The molecule has 7 nitrogen and oxygen atoms in total. The van der Waals surface area contributed by atoms with Gasteiger partial charge in [0.15, 0.2) is 18.1 Å². The summed E-state index contributed by atoms with van der Waals surface area (Å²) in [6.45, 7) is 0.444. The molecule has 0 aliphatic heterocycles. The van der Waals surface area contributed by atoms with Crippen molar-refractivity contribution in [1.82, 2.24) is 9.88 Å². The van der Waals surface area contributed by atoms with Gasteiger partial charge < -0.3 is 24.1 Å². The lowest BCUT2D eigenvalue weighted by Gasteiger charge is -2.18. The molecule has 7 heteroatoms. The number of likely N-dealkylation sites (N-methyl/N-ethyl adjacent to an activating group) is 1. The Morgan fingerprint density at radius 2 is 1.77 bits per heavy atom. The van der Waals surface area contributed by atoms with Crippen molar-refractivity contribution in [2.24, 2.45) is 0 Å². The van der Waals surface area contributed by atoms with E-state index in [-0.39, 0.29) is 12.5 Å². The summed E-state index contributed by atoms with van der Waals surface area (Å²) in [5, 5.41) is 0. The molecule has 0 unspecified atom stereocenters. The quantitative estimate of drug-likeness (QED) is 0.549. The Bertz CT molecular complexity index is 971. The summed E-state index contributed by atoms with van der Waals surface area (Å²) < 4.78 is 16.3. The third-order valence-corrected chi connectivity index (χ3v) is 4.46. The molecule has 30 heavy (non-hydrogen) atoms. The summed E-state index contributed by atoms with van der Waals surface area (Å²) in [4.78, 5) is 28.3. The Morgan fingerprint density at radius 1 is 0.967 bits per heavy atom. The van der Waals surface area contributed by atoms with Gasteiger partial charge in [-0.25, -0.2) is 4.79 Å². The van der Waals surface area contributed by atoms with E-state index < -0.39 is 5.97 Å². The van der Waals surface area contributed by atoms with Gasteiger partial charge in [-0.3, -0.25) is 4.79 Å². The molecular formula is C23H24N2O5. The average molecular weight is 408 g/mol. The number of esters is 1. The fourth-order valence-electron chi connectivity index (χ4n) is 2.80. The molecule has 1 N–H and O–H groups in total. The van der Waals surface area contributed by atoms with Gasteiger partial charge in [-0.05, 0) is 35.4 Å². The van der Waals surface area contributed by atoms with Crippen LogP contribution in [0.15, 0.2) is 66.9 Å². The Morgan fingerprint density at radius 3 is 2.47 bits per heavy atom. The average Bonchev–Trinajstić information content (AvgIpc) is 3.32. The zero-order valence-corrected chi connectivity index (χ0v) is 17.0. The minimum atomic E-state index is -0.566. The van der Waals surface area contributed by atoms with Crippen molar-refractivity contribution < 1.29 is 23.8 Å². The summed E-state index contributed by atoms with van der Waals surface area (Å²) in [7, 11) is 3.22. The van der Waals surface area contributed by atoms with Crippen molar-refractivity contribution in [3.8, 4) is 11.5 Å². The highest BCUT2D eigenvalue weighted by atomic mass is 16.5. The van der Waals surface area contributed by atoms with Crippen LogP contribution in [0.3, 0.4) is 0 Å². The largest absolute Gasteiger partial charge is 0.493 e. The van der Waals surface area contributed by atoms with Gasteiger partial charge in [0.25, 0.3) is 5.91 Å². The summed E-state index contributed by atoms with van der Waals surface area (Å²) in [5.41, 5.74) is 2.23. The van der Waals surface area contributed by atoms with E-state index in [1.165, 1.54) is 4.90 Å². The Kier molecular flexibility index (Phi) is 7.10. The van der Waals surface area contributed by atoms with Crippen LogP contribution in [0.4, 0.5) is 0 Å². The van der Waals surface area contributed by atoms with Crippen molar-refractivity contribution >= 4 is 11.9 Å². The van der Waals surface area contributed by atoms with Gasteiger partial charge in [-0.2, -0.15) is 0 Å². The first kappa shape index (κ1) is 21.0. The molecule has 0 atom stereocenters. The molecule has 0 radical (unpaired) electrons. The van der Waals surface area contributed by atoms with E-state index in [1.54, 1.807) is 32.5 Å². The summed E-state index contributed by atoms with van der Waals surface area (Å²) in [6.07, 6.45) is 1.62. The van der Waals surface area contributed by atoms with E-state index in [1.807, 2.05) is 48.5 Å². The first-order valence-corrected chi connectivity index (χ1v) is 9.45. The zero-order chi connectivity index (χ0) is 21.3. The number of benzene rings is 2. The van der Waals surface area contributed by atoms with E-state index in [0.717, 1.165) is 11.1 Å². The zero-order valence-electron chi connectivity index (χ0n) is 17.0. The number of ether oxygens (including phenoxy) is 3. The van der Waals surface area contributed by atoms with Crippen molar-refractivity contribution in [3.63, 3.8) is 0 Å². The molecule has 1 heterocycles. The summed E-state index contributed by atoms with van der Waals surface area (Å²) in [6, 6.07) is 18.6. The minimum Gasteiger partial charge on any atom is -0.493 e. The lowest BCUT2D eigenvalue weighted by molar-refractivity contribution is -0.133. The maximum Gasteiger partial charge on any atom is 0.355 e. The summed E-state index contributed by atoms with van der Waals surface area (Å²) in [5.74, 6) is 0.336. The number of nitrogens with zero attached hydrogens (tertiary/aromatic N) is 1. The predicted molar refractivity (Wildman–Crippen MR) is 111 cm³/mol. The van der Waals surface area contributed by atoms with E-state index in [9.17, 15) is 9.59 Å². The van der Waals surface area contributed by atoms with Gasteiger partial charge in [0, 0.05) is 19.8 Å². The van der Waals surface area contributed by atoms with Crippen LogP contribution in [0.25, 0.3) is 0 Å². The Balaban J connectivity index is 1.54. The highest BCUT2D eigenvalue weighted by molar-refractivity contribution is 5.89. The normalized spacial score (nSPS) is 10.3. The standard InChI is InChI=1S/C23H24N2O5/c1-25(22(26)16-30-23(27)19-9-6-12-24-19)14-18-10-11-20(21(13-18)28-2)29-15-17-7-4-3-5-8-17/h3-13,24H,14-16H2,1-2H3. The van der Waals surface area contributed by atoms with Crippen LogP contribution in [0, 0.1) is 0 Å². The van der Waals surface area contributed by atoms with Gasteiger partial charge in [-0.1, -0.05) is 36.4 Å². The number of aromatic nitrogens is 1. The Hall–Kier alpha value is -3.74. The number of aromatic amines is 1. The second kappa shape index (κ2) is 10.2. The fourth-order valence-corrected chi connectivity index (χ4v) is 2.80. The van der Waals surface area contributed by atoms with Crippen molar-refractivity contribution in [2.45, 2.75) is 13.2 Å². The predicted octanol–water partition coefficient (Wildman–Crippen LogP) is 3.42. The fraction of sp³-hybridized carbons (Fsp3) is 0.217. The second-order valence-corrected chi connectivity index (χ2v) is 6.67. The lowest BCUT2D eigenvalue weighted by atomic mass is 10.2. The SMILES string of the molecule is COc1cc(CN(C)C(=O)COC(=O)c2ccc[nH]2)ccc1OCc1ccccc1. The molecule has 3 rings (SSSR count). The molecule has 0 bridgehead atoms. The van der Waals surface area contributed by atoms with Crippen LogP contribution < -0.4 is 9.47 Å². The van der Waals surface area contributed by atoms with Crippen LogP contribution in [0.1, 0.15) is 21.6 Å². The van der Waals surface area contributed by atoms with Gasteiger partial charge in [0.05, 0.1) is 7.11 Å². The molecule has 0 saturated carbocycles. The molecule has 0 aliphatic carbocycles. The maximum atomic E-state index is 12.3. The number of hydrogen-bond donors (Lipinski definition) is 1. The molecule has 156 valence electrons. The minimum absolute atomic E-state index is 0.307.